The topological polar surface area (TPSA) is 73.6 Å². The molecule has 0 aliphatic heterocycles. The number of nitrogens with one attached hydrogen (secondary N) is 1. The molecule has 0 unspecified atom stereocenters. The first-order valence-corrected chi connectivity index (χ1v) is 8.66. The van der Waals surface area contributed by atoms with E-state index in [1.165, 1.54) is 7.11 Å². The van der Waals surface area contributed by atoms with Crippen LogP contribution < -0.4 is 10.1 Å². The van der Waals surface area contributed by atoms with E-state index in [2.05, 4.69) is 15.2 Å². The molecule has 3 rings (SSSR count). The van der Waals surface area contributed by atoms with Gasteiger partial charge in [-0.15, -0.1) is 0 Å². The molecule has 0 bridgehead atoms. The van der Waals surface area contributed by atoms with Gasteiger partial charge >= 0.3 is 6.09 Å². The minimum absolute atomic E-state index is 0.277. The standard InChI is InChI=1S/C20H19ClN2O4/c1-12-10-14(8-9-18(12)22-20(24)25-3)26-11-16-13(2)27-23-19(16)15-6-4-5-7-17(15)21/h4-10H,11H2,1-3H3,(H,22,24). The molecule has 0 aliphatic carbocycles. The van der Waals surface area contributed by atoms with E-state index in [-0.39, 0.29) is 6.61 Å². The van der Waals surface area contributed by atoms with Crippen LogP contribution in [0, 0.1) is 13.8 Å². The average molecular weight is 387 g/mol. The third-order valence-electron chi connectivity index (χ3n) is 4.12. The lowest BCUT2D eigenvalue weighted by molar-refractivity contribution is 0.187. The Morgan fingerprint density at radius 3 is 2.70 bits per heavy atom. The number of aromatic nitrogens is 1. The van der Waals surface area contributed by atoms with E-state index >= 15 is 0 Å². The molecular weight excluding hydrogens is 368 g/mol. The van der Waals surface area contributed by atoms with E-state index in [1.807, 2.05) is 44.2 Å². The van der Waals surface area contributed by atoms with Crippen LogP contribution in [0.25, 0.3) is 11.3 Å². The molecule has 0 radical (unpaired) electrons. The van der Waals surface area contributed by atoms with Crippen LogP contribution in [0.1, 0.15) is 16.9 Å². The predicted molar refractivity (Wildman–Crippen MR) is 103 cm³/mol. The summed E-state index contributed by atoms with van der Waals surface area (Å²) >= 11 is 6.28. The molecule has 1 N–H and O–H groups in total. The highest BCUT2D eigenvalue weighted by atomic mass is 35.5. The first kappa shape index (κ1) is 18.8. The van der Waals surface area contributed by atoms with Crippen LogP contribution in [0.15, 0.2) is 47.0 Å². The van der Waals surface area contributed by atoms with Gasteiger partial charge in [0.25, 0.3) is 0 Å². The first-order chi connectivity index (χ1) is 13.0. The molecule has 140 valence electrons. The molecule has 7 heteroatoms. The quantitative estimate of drug-likeness (QED) is 0.638. The first-order valence-electron chi connectivity index (χ1n) is 8.28. The predicted octanol–water partition coefficient (Wildman–Crippen LogP) is 5.37. The highest BCUT2D eigenvalue weighted by molar-refractivity contribution is 6.33. The fourth-order valence-electron chi connectivity index (χ4n) is 2.61. The number of benzene rings is 2. The van der Waals surface area contributed by atoms with Crippen LogP contribution in [0.2, 0.25) is 5.02 Å². The van der Waals surface area contributed by atoms with Gasteiger partial charge in [0.05, 0.1) is 17.7 Å². The zero-order chi connectivity index (χ0) is 19.4. The van der Waals surface area contributed by atoms with Crippen molar-refractivity contribution in [2.24, 2.45) is 0 Å². The Hall–Kier alpha value is -2.99. The van der Waals surface area contributed by atoms with Crippen LogP contribution in [0.4, 0.5) is 10.5 Å². The maximum atomic E-state index is 11.3. The second-order valence-electron chi connectivity index (χ2n) is 5.93. The average Bonchev–Trinajstić information content (AvgIpc) is 3.02. The second-order valence-corrected chi connectivity index (χ2v) is 6.33. The summed E-state index contributed by atoms with van der Waals surface area (Å²) in [5.74, 6) is 1.33. The highest BCUT2D eigenvalue weighted by Gasteiger charge is 2.17. The third kappa shape index (κ3) is 4.23. The molecule has 0 saturated carbocycles. The molecule has 0 fully saturated rings. The number of hydrogen-bond acceptors (Lipinski definition) is 5. The number of amides is 1. The minimum atomic E-state index is -0.517. The van der Waals surface area contributed by atoms with Gasteiger partial charge in [-0.1, -0.05) is 35.0 Å². The van der Waals surface area contributed by atoms with Gasteiger partial charge in [-0.25, -0.2) is 4.79 Å². The third-order valence-corrected chi connectivity index (χ3v) is 4.45. The van der Waals surface area contributed by atoms with Gasteiger partial charge in [0.2, 0.25) is 0 Å². The van der Waals surface area contributed by atoms with Crippen molar-refractivity contribution in [3.8, 4) is 17.0 Å². The van der Waals surface area contributed by atoms with E-state index < -0.39 is 6.09 Å². The Balaban J connectivity index is 1.78. The van der Waals surface area contributed by atoms with Gasteiger partial charge in [0, 0.05) is 11.3 Å². The molecule has 3 aromatic rings. The van der Waals surface area contributed by atoms with Crippen molar-refractivity contribution < 1.29 is 18.8 Å². The van der Waals surface area contributed by atoms with Gasteiger partial charge in [0.1, 0.15) is 23.8 Å². The lowest BCUT2D eigenvalue weighted by Gasteiger charge is -2.11. The summed E-state index contributed by atoms with van der Waals surface area (Å²) in [7, 11) is 1.32. The molecule has 1 aromatic heterocycles. The second kappa shape index (κ2) is 8.14. The van der Waals surface area contributed by atoms with Crippen LogP contribution in [-0.4, -0.2) is 18.4 Å². The van der Waals surface area contributed by atoms with Gasteiger partial charge in [-0.05, 0) is 43.7 Å². The number of rotatable bonds is 5. The Bertz CT molecular complexity index is 968. The molecule has 0 aliphatic rings. The summed E-state index contributed by atoms with van der Waals surface area (Å²) < 4.78 is 15.9. The molecule has 0 spiro atoms. The molecule has 2 aromatic carbocycles. The smallest absolute Gasteiger partial charge is 0.411 e. The lowest BCUT2D eigenvalue weighted by Crippen LogP contribution is -2.11. The van der Waals surface area contributed by atoms with E-state index in [4.69, 9.17) is 20.9 Å². The number of halogens is 1. The van der Waals surface area contributed by atoms with Gasteiger partial charge < -0.3 is 14.0 Å². The van der Waals surface area contributed by atoms with E-state index in [9.17, 15) is 4.79 Å². The number of ether oxygens (including phenoxy) is 2. The Morgan fingerprint density at radius 1 is 1.22 bits per heavy atom. The normalized spacial score (nSPS) is 10.5. The van der Waals surface area contributed by atoms with E-state index in [1.54, 1.807) is 12.1 Å². The van der Waals surface area contributed by atoms with Gasteiger partial charge in [-0.3, -0.25) is 5.32 Å². The summed E-state index contributed by atoms with van der Waals surface area (Å²) in [5, 5.41) is 7.38. The lowest BCUT2D eigenvalue weighted by atomic mass is 10.1. The van der Waals surface area contributed by atoms with Crippen LogP contribution in [-0.2, 0) is 11.3 Å². The number of methoxy groups -OCH3 is 1. The van der Waals surface area contributed by atoms with Crippen LogP contribution >= 0.6 is 11.6 Å². The Kier molecular flexibility index (Phi) is 5.66. The molecular formula is C20H19ClN2O4. The number of carbonyl (C=O) groups is 1. The fourth-order valence-corrected chi connectivity index (χ4v) is 2.83. The van der Waals surface area contributed by atoms with Gasteiger partial charge in [0.15, 0.2) is 0 Å². The summed E-state index contributed by atoms with van der Waals surface area (Å²) in [6.07, 6.45) is -0.517. The van der Waals surface area contributed by atoms with Crippen molar-refractivity contribution in [3.63, 3.8) is 0 Å². The van der Waals surface area contributed by atoms with Crippen molar-refractivity contribution in [2.45, 2.75) is 20.5 Å². The van der Waals surface area contributed by atoms with Crippen LogP contribution in [0.5, 0.6) is 5.75 Å². The minimum Gasteiger partial charge on any atom is -0.489 e. The number of aryl methyl sites for hydroxylation is 2. The molecule has 1 amide bonds. The number of hydrogen-bond donors (Lipinski definition) is 1. The molecule has 0 atom stereocenters. The zero-order valence-electron chi connectivity index (χ0n) is 15.2. The maximum Gasteiger partial charge on any atom is 0.411 e. The molecule has 0 saturated heterocycles. The molecule has 6 nitrogen and oxygen atoms in total. The summed E-state index contributed by atoms with van der Waals surface area (Å²) in [6.45, 7) is 3.98. The highest BCUT2D eigenvalue weighted by Crippen LogP contribution is 2.32. The number of anilines is 1. The SMILES string of the molecule is COC(=O)Nc1ccc(OCc2c(-c3ccccc3Cl)noc2C)cc1C. The van der Waals surface area contributed by atoms with Crippen molar-refractivity contribution >= 4 is 23.4 Å². The van der Waals surface area contributed by atoms with Crippen LogP contribution in [0.3, 0.4) is 0 Å². The van der Waals surface area contributed by atoms with Crippen molar-refractivity contribution in [2.75, 3.05) is 12.4 Å². The largest absolute Gasteiger partial charge is 0.489 e. The molecule has 1 heterocycles. The fraction of sp³-hybridized carbons (Fsp3) is 0.200. The summed E-state index contributed by atoms with van der Waals surface area (Å²) in [6, 6.07) is 12.8. The summed E-state index contributed by atoms with van der Waals surface area (Å²) in [5.41, 5.74) is 3.80. The van der Waals surface area contributed by atoms with Crippen molar-refractivity contribution in [1.82, 2.24) is 5.16 Å². The zero-order valence-corrected chi connectivity index (χ0v) is 16.0. The Labute approximate surface area is 162 Å². The molecule has 27 heavy (non-hydrogen) atoms. The number of nitrogens with zero attached hydrogens (tertiary/aromatic N) is 1. The number of carbonyl (C=O) groups excluding carboxylic acids is 1. The van der Waals surface area contributed by atoms with E-state index in [0.717, 1.165) is 16.7 Å². The summed E-state index contributed by atoms with van der Waals surface area (Å²) in [4.78, 5) is 11.3. The monoisotopic (exact) mass is 386 g/mol. The maximum absolute atomic E-state index is 11.3. The van der Waals surface area contributed by atoms with Gasteiger partial charge in [-0.2, -0.15) is 0 Å². The van der Waals surface area contributed by atoms with Crippen molar-refractivity contribution in [3.05, 3.63) is 64.4 Å². The van der Waals surface area contributed by atoms with Crippen molar-refractivity contribution in [1.29, 1.82) is 0 Å². The van der Waals surface area contributed by atoms with E-state index in [0.29, 0.717) is 27.9 Å². The Morgan fingerprint density at radius 2 is 2.00 bits per heavy atom.